The van der Waals surface area contributed by atoms with Gasteiger partial charge < -0.3 is 10.0 Å². The van der Waals surface area contributed by atoms with Gasteiger partial charge in [-0.25, -0.2) is 13.4 Å². The fourth-order valence-corrected chi connectivity index (χ4v) is 3.03. The van der Waals surface area contributed by atoms with E-state index in [4.69, 9.17) is 0 Å². The molecule has 1 aliphatic rings. The molecule has 0 bridgehead atoms. The Kier molecular flexibility index (Phi) is 5.02. The topological polar surface area (TPSA) is 121 Å². The summed E-state index contributed by atoms with van der Waals surface area (Å²) in [6.45, 7) is 0. The lowest BCUT2D eigenvalue weighted by atomic mass is 9.86. The molecule has 1 unspecified atom stereocenters. The molecule has 2 rings (SSSR count). The first-order valence-electron chi connectivity index (χ1n) is 6.90. The van der Waals surface area contributed by atoms with Gasteiger partial charge in [-0.15, -0.1) is 0 Å². The van der Waals surface area contributed by atoms with Crippen molar-refractivity contribution < 1.29 is 23.3 Å². The third kappa shape index (κ3) is 3.16. The largest absolute Gasteiger partial charge is 0.399 e. The highest BCUT2D eigenvalue weighted by Crippen LogP contribution is 2.27. The highest BCUT2D eigenvalue weighted by atomic mass is 32.2. The predicted molar refractivity (Wildman–Crippen MR) is 86.6 cm³/mol. The number of benzene rings is 1. The minimum Gasteiger partial charge on any atom is -0.399 e. The Labute approximate surface area is 139 Å². The molecule has 9 nitrogen and oxygen atoms in total. The third-order valence-electron chi connectivity index (χ3n) is 3.64. The van der Waals surface area contributed by atoms with Gasteiger partial charge in [-0.1, -0.05) is 17.3 Å². The molecule has 1 aromatic rings. The number of hydrogen-bond donors (Lipinski definition) is 2. The molecule has 2 N–H and O–H groups in total. The molecule has 24 heavy (non-hydrogen) atoms. The number of likely N-dealkylation sites (N-methyl/N-ethyl adjacent to an activating group) is 1. The summed E-state index contributed by atoms with van der Waals surface area (Å²) in [5.74, 6) is -0.477. The van der Waals surface area contributed by atoms with Crippen molar-refractivity contribution in [2.75, 3.05) is 20.4 Å². The molecule has 0 saturated carbocycles. The van der Waals surface area contributed by atoms with Crippen LogP contribution in [0.4, 0.5) is 0 Å². The van der Waals surface area contributed by atoms with Crippen LogP contribution in [0.15, 0.2) is 39.4 Å². The standard InChI is InChI=1S/C14H18N4O5S/c1-18-13(19)14(17-20,8-9-15-23-2)12(16-18)10-4-6-11(7-5-10)24(3,21)22/h4-7,9,17,20H,8H2,1-3H3. The fourth-order valence-electron chi connectivity index (χ4n) is 2.40. The van der Waals surface area contributed by atoms with Crippen LogP contribution in [-0.4, -0.2) is 62.4 Å². The Bertz CT molecular complexity index is 788. The maximum atomic E-state index is 12.5. The van der Waals surface area contributed by atoms with Gasteiger partial charge in [-0.3, -0.25) is 4.79 Å². The van der Waals surface area contributed by atoms with Gasteiger partial charge in [-0.2, -0.15) is 10.6 Å². The molecule has 0 spiro atoms. The average molecular weight is 354 g/mol. The van der Waals surface area contributed by atoms with Crippen molar-refractivity contribution in [3.8, 4) is 0 Å². The van der Waals surface area contributed by atoms with Crippen molar-refractivity contribution in [2.45, 2.75) is 16.9 Å². The molecule has 0 fully saturated rings. The van der Waals surface area contributed by atoms with Crippen LogP contribution in [0.1, 0.15) is 12.0 Å². The zero-order valence-corrected chi connectivity index (χ0v) is 14.2. The SMILES string of the molecule is CON=CCC1(NO)C(=O)N(C)N=C1c1ccc(S(C)(=O)=O)cc1. The van der Waals surface area contributed by atoms with E-state index < -0.39 is 21.3 Å². The molecule has 0 aromatic heterocycles. The van der Waals surface area contributed by atoms with Crippen molar-refractivity contribution in [3.05, 3.63) is 29.8 Å². The molecule has 10 heteroatoms. The normalized spacial score (nSPS) is 21.4. The van der Waals surface area contributed by atoms with Gasteiger partial charge >= 0.3 is 0 Å². The number of hydrazone groups is 1. The summed E-state index contributed by atoms with van der Waals surface area (Å²) in [7, 11) is -0.520. The van der Waals surface area contributed by atoms with Gasteiger partial charge in [-0.05, 0) is 12.1 Å². The van der Waals surface area contributed by atoms with Gasteiger partial charge in [0.25, 0.3) is 5.91 Å². The van der Waals surface area contributed by atoms with Crippen molar-refractivity contribution in [2.24, 2.45) is 10.3 Å². The lowest BCUT2D eigenvalue weighted by Crippen LogP contribution is -2.56. The second kappa shape index (κ2) is 6.67. The Balaban J connectivity index is 2.47. The second-order valence-electron chi connectivity index (χ2n) is 5.27. The summed E-state index contributed by atoms with van der Waals surface area (Å²) >= 11 is 0. The van der Waals surface area contributed by atoms with Crippen LogP contribution in [0.3, 0.4) is 0 Å². The summed E-state index contributed by atoms with van der Waals surface area (Å²) in [5.41, 5.74) is 1.24. The van der Waals surface area contributed by atoms with E-state index in [0.717, 1.165) is 11.3 Å². The zero-order chi connectivity index (χ0) is 18.0. The molecular weight excluding hydrogens is 336 g/mol. The van der Waals surface area contributed by atoms with Crippen molar-refractivity contribution in [1.82, 2.24) is 10.5 Å². The molecule has 130 valence electrons. The van der Waals surface area contributed by atoms with E-state index in [1.54, 1.807) is 0 Å². The smallest absolute Gasteiger partial charge is 0.271 e. The van der Waals surface area contributed by atoms with Crippen molar-refractivity contribution in [1.29, 1.82) is 0 Å². The number of oxime groups is 1. The number of nitrogens with one attached hydrogen (secondary N) is 1. The number of hydroxylamine groups is 1. The summed E-state index contributed by atoms with van der Waals surface area (Å²) in [5, 5.41) is 18.5. The highest BCUT2D eigenvalue weighted by molar-refractivity contribution is 7.90. The van der Waals surface area contributed by atoms with Gasteiger partial charge in [0.15, 0.2) is 15.4 Å². The van der Waals surface area contributed by atoms with Crippen LogP contribution in [0, 0.1) is 0 Å². The summed E-state index contributed by atoms with van der Waals surface area (Å²) < 4.78 is 23.1. The number of rotatable bonds is 6. The van der Waals surface area contributed by atoms with Gasteiger partial charge in [0.1, 0.15) is 12.8 Å². The zero-order valence-electron chi connectivity index (χ0n) is 13.4. The van der Waals surface area contributed by atoms with E-state index >= 15 is 0 Å². The Morgan fingerprint density at radius 3 is 2.54 bits per heavy atom. The molecule has 1 aromatic carbocycles. The molecule has 1 atom stereocenters. The van der Waals surface area contributed by atoms with Crippen LogP contribution in [-0.2, 0) is 19.5 Å². The number of nitrogens with zero attached hydrogens (tertiary/aromatic N) is 3. The fraction of sp³-hybridized carbons (Fsp3) is 0.357. The lowest BCUT2D eigenvalue weighted by Gasteiger charge is -2.25. The maximum absolute atomic E-state index is 12.5. The van der Waals surface area contributed by atoms with Crippen LogP contribution >= 0.6 is 0 Å². The van der Waals surface area contributed by atoms with Crippen LogP contribution in [0.25, 0.3) is 0 Å². The van der Waals surface area contributed by atoms with Crippen molar-refractivity contribution >= 4 is 27.7 Å². The first-order valence-corrected chi connectivity index (χ1v) is 8.79. The Hall–Kier alpha value is -2.30. The van der Waals surface area contributed by atoms with Gasteiger partial charge in [0.2, 0.25) is 0 Å². The molecule has 1 heterocycles. The van der Waals surface area contributed by atoms with E-state index in [1.807, 2.05) is 5.48 Å². The maximum Gasteiger partial charge on any atom is 0.271 e. The molecule has 1 amide bonds. The molecule has 0 aliphatic carbocycles. The van der Waals surface area contributed by atoms with E-state index in [2.05, 4.69) is 15.1 Å². The van der Waals surface area contributed by atoms with Crippen LogP contribution < -0.4 is 5.48 Å². The second-order valence-corrected chi connectivity index (χ2v) is 7.28. The summed E-state index contributed by atoms with van der Waals surface area (Å²) in [6, 6.07) is 5.89. The first-order chi connectivity index (χ1) is 11.3. The highest BCUT2D eigenvalue weighted by Gasteiger charge is 2.50. The predicted octanol–water partition coefficient (Wildman–Crippen LogP) is 0.00610. The van der Waals surface area contributed by atoms with Crippen LogP contribution in [0.5, 0.6) is 0 Å². The Morgan fingerprint density at radius 2 is 2.04 bits per heavy atom. The number of amides is 1. The van der Waals surface area contributed by atoms with Crippen LogP contribution in [0.2, 0.25) is 0 Å². The van der Waals surface area contributed by atoms with Gasteiger partial charge in [0.05, 0.1) is 4.90 Å². The summed E-state index contributed by atoms with van der Waals surface area (Å²) in [4.78, 5) is 17.2. The Morgan fingerprint density at radius 1 is 1.42 bits per heavy atom. The van der Waals surface area contributed by atoms with E-state index in [0.29, 0.717) is 5.56 Å². The third-order valence-corrected chi connectivity index (χ3v) is 4.77. The number of sulfone groups is 1. The number of carbonyl (C=O) groups is 1. The van der Waals surface area contributed by atoms with E-state index in [1.165, 1.54) is 44.6 Å². The minimum atomic E-state index is -3.34. The minimum absolute atomic E-state index is 0.00677. The van der Waals surface area contributed by atoms with E-state index in [9.17, 15) is 18.4 Å². The van der Waals surface area contributed by atoms with Crippen molar-refractivity contribution in [3.63, 3.8) is 0 Å². The quantitative estimate of drug-likeness (QED) is 0.548. The number of hydrogen-bond acceptors (Lipinski definition) is 8. The molecule has 0 saturated heterocycles. The van der Waals surface area contributed by atoms with Gasteiger partial charge in [0, 0.05) is 31.5 Å². The van der Waals surface area contributed by atoms with E-state index in [-0.39, 0.29) is 17.0 Å². The summed E-state index contributed by atoms with van der Waals surface area (Å²) in [6.07, 6.45) is 2.43. The number of carbonyl (C=O) groups excluding carboxylic acids is 1. The molecular formula is C14H18N4O5S. The first kappa shape index (κ1) is 18.0. The average Bonchev–Trinajstić information content (AvgIpc) is 2.80. The monoisotopic (exact) mass is 354 g/mol. The lowest BCUT2D eigenvalue weighted by molar-refractivity contribution is -0.135. The molecule has 1 aliphatic heterocycles. The molecule has 0 radical (unpaired) electrons.